The minimum absolute atomic E-state index is 0.00184. The molecular formula is C20H19N3O6. The number of rotatable bonds is 2. The first-order valence-electron chi connectivity index (χ1n) is 9.33. The summed E-state index contributed by atoms with van der Waals surface area (Å²) in [5.41, 5.74) is -0.639. The van der Waals surface area contributed by atoms with Crippen molar-refractivity contribution < 1.29 is 23.5 Å². The van der Waals surface area contributed by atoms with E-state index >= 15 is 0 Å². The number of likely N-dealkylation sites (tertiary alicyclic amines) is 1. The zero-order valence-corrected chi connectivity index (χ0v) is 15.7. The fourth-order valence-electron chi connectivity index (χ4n) is 3.96. The van der Waals surface area contributed by atoms with Gasteiger partial charge in [0.25, 0.3) is 5.91 Å². The summed E-state index contributed by atoms with van der Waals surface area (Å²) in [6.07, 6.45) is -0.576. The van der Waals surface area contributed by atoms with E-state index in [-0.39, 0.29) is 18.2 Å². The third kappa shape index (κ3) is 2.89. The molecule has 2 saturated heterocycles. The average molecular weight is 397 g/mol. The van der Waals surface area contributed by atoms with Gasteiger partial charge in [-0.3, -0.25) is 4.79 Å². The molecule has 2 fully saturated rings. The Labute approximate surface area is 165 Å². The molecule has 0 aliphatic carbocycles. The summed E-state index contributed by atoms with van der Waals surface area (Å²) in [5.74, 6) is 1.11. The summed E-state index contributed by atoms with van der Waals surface area (Å²) < 4.78 is 17.0. The number of carbonyl (C=O) groups is 2. The van der Waals surface area contributed by atoms with Crippen LogP contribution in [0.5, 0.6) is 11.5 Å². The first kappa shape index (κ1) is 17.6. The van der Waals surface area contributed by atoms with E-state index in [1.807, 2.05) is 12.1 Å². The van der Waals surface area contributed by atoms with Gasteiger partial charge in [0.2, 0.25) is 0 Å². The number of urea groups is 1. The lowest BCUT2D eigenvalue weighted by molar-refractivity contribution is 0.0388. The first-order chi connectivity index (χ1) is 13.9. The molecule has 29 heavy (non-hydrogen) atoms. The summed E-state index contributed by atoms with van der Waals surface area (Å²) in [6.45, 7) is 3.06. The van der Waals surface area contributed by atoms with Crippen molar-refractivity contribution in [1.29, 1.82) is 0 Å². The van der Waals surface area contributed by atoms with Gasteiger partial charge in [-0.2, -0.15) is 0 Å². The SMILES string of the molecule is Cc1cc(C2COc3ccccc3O2)oc(=O)c1C(=O)N1CC2(CNC(=O)N2)C1. The molecule has 3 aliphatic rings. The number of nitrogens with one attached hydrogen (secondary N) is 2. The van der Waals surface area contributed by atoms with E-state index in [0.717, 1.165) is 0 Å². The summed E-state index contributed by atoms with van der Waals surface area (Å²) in [7, 11) is 0. The number of ether oxygens (including phenoxy) is 2. The molecule has 9 heteroatoms. The molecule has 1 spiro atoms. The Balaban J connectivity index is 1.35. The Morgan fingerprint density at radius 2 is 1.97 bits per heavy atom. The standard InChI is InChI=1S/C20H19N3O6/c1-11-6-14(15-7-27-12-4-2-3-5-13(12)28-15)29-18(25)16(11)17(24)23-9-20(10-23)8-21-19(26)22-20/h2-6,15H,7-10H2,1H3,(H2,21,22,26). The van der Waals surface area contributed by atoms with E-state index in [1.165, 1.54) is 4.90 Å². The number of para-hydroxylation sites is 2. The summed E-state index contributed by atoms with van der Waals surface area (Å²) >= 11 is 0. The Kier molecular flexibility index (Phi) is 3.80. The van der Waals surface area contributed by atoms with E-state index in [9.17, 15) is 14.4 Å². The molecule has 3 amide bonds. The minimum atomic E-state index is -0.706. The van der Waals surface area contributed by atoms with E-state index in [1.54, 1.807) is 25.1 Å². The highest BCUT2D eigenvalue weighted by atomic mass is 16.6. The molecule has 1 aromatic carbocycles. The molecule has 5 rings (SSSR count). The Morgan fingerprint density at radius 1 is 1.21 bits per heavy atom. The van der Waals surface area contributed by atoms with Crippen LogP contribution < -0.4 is 25.7 Å². The van der Waals surface area contributed by atoms with Gasteiger partial charge in [0.05, 0.1) is 5.54 Å². The van der Waals surface area contributed by atoms with Crippen molar-refractivity contribution in [2.75, 3.05) is 26.2 Å². The van der Waals surface area contributed by atoms with Gasteiger partial charge < -0.3 is 29.4 Å². The van der Waals surface area contributed by atoms with E-state index in [0.29, 0.717) is 42.5 Å². The van der Waals surface area contributed by atoms with Gasteiger partial charge in [0.1, 0.15) is 12.2 Å². The second-order valence-electron chi connectivity index (χ2n) is 7.61. The highest BCUT2D eigenvalue weighted by molar-refractivity contribution is 5.96. The number of amides is 3. The monoisotopic (exact) mass is 397 g/mol. The average Bonchev–Trinajstić information content (AvgIpc) is 3.08. The minimum Gasteiger partial charge on any atom is -0.485 e. The van der Waals surface area contributed by atoms with Crippen molar-refractivity contribution in [2.45, 2.75) is 18.6 Å². The molecule has 4 heterocycles. The van der Waals surface area contributed by atoms with Crippen LogP contribution in [0.25, 0.3) is 0 Å². The lowest BCUT2D eigenvalue weighted by Crippen LogP contribution is -2.70. The van der Waals surface area contributed by atoms with Gasteiger partial charge in [0.15, 0.2) is 23.4 Å². The predicted molar refractivity (Wildman–Crippen MR) is 100 cm³/mol. The van der Waals surface area contributed by atoms with Crippen molar-refractivity contribution in [3.05, 3.63) is 57.6 Å². The van der Waals surface area contributed by atoms with Crippen molar-refractivity contribution >= 4 is 11.9 Å². The normalized spacial score (nSPS) is 21.3. The maximum Gasteiger partial charge on any atom is 0.349 e. The predicted octanol–water partition coefficient (Wildman–Crippen LogP) is 0.968. The molecule has 2 aromatic rings. The van der Waals surface area contributed by atoms with Crippen LogP contribution in [0.3, 0.4) is 0 Å². The molecule has 1 aromatic heterocycles. The number of aryl methyl sites for hydroxylation is 1. The number of carbonyl (C=O) groups excluding carboxylic acids is 2. The Morgan fingerprint density at radius 3 is 2.66 bits per heavy atom. The zero-order valence-electron chi connectivity index (χ0n) is 15.7. The third-order valence-electron chi connectivity index (χ3n) is 5.45. The molecule has 0 bridgehead atoms. The van der Waals surface area contributed by atoms with Crippen molar-refractivity contribution in [3.8, 4) is 11.5 Å². The topological polar surface area (TPSA) is 110 Å². The van der Waals surface area contributed by atoms with E-state index in [4.69, 9.17) is 13.9 Å². The van der Waals surface area contributed by atoms with Gasteiger partial charge in [-0.1, -0.05) is 12.1 Å². The molecule has 2 N–H and O–H groups in total. The smallest absolute Gasteiger partial charge is 0.349 e. The molecule has 0 radical (unpaired) electrons. The first-order valence-corrected chi connectivity index (χ1v) is 9.33. The van der Waals surface area contributed by atoms with Crippen LogP contribution in [0.15, 0.2) is 39.5 Å². The van der Waals surface area contributed by atoms with E-state index < -0.39 is 23.2 Å². The van der Waals surface area contributed by atoms with Crippen LogP contribution in [0, 0.1) is 6.92 Å². The van der Waals surface area contributed by atoms with Crippen molar-refractivity contribution in [2.24, 2.45) is 0 Å². The van der Waals surface area contributed by atoms with Crippen LogP contribution in [0.4, 0.5) is 4.79 Å². The summed E-state index contributed by atoms with van der Waals surface area (Å²) in [6, 6.07) is 8.66. The van der Waals surface area contributed by atoms with Gasteiger partial charge >= 0.3 is 11.7 Å². The molecule has 3 aliphatic heterocycles. The lowest BCUT2D eigenvalue weighted by Gasteiger charge is -2.46. The molecule has 150 valence electrons. The van der Waals surface area contributed by atoms with Crippen molar-refractivity contribution in [1.82, 2.24) is 15.5 Å². The van der Waals surface area contributed by atoms with Gasteiger partial charge in [0, 0.05) is 19.6 Å². The fraction of sp³-hybridized carbons (Fsp3) is 0.350. The second-order valence-corrected chi connectivity index (χ2v) is 7.61. The van der Waals surface area contributed by atoms with Gasteiger partial charge in [-0.15, -0.1) is 0 Å². The fourth-order valence-corrected chi connectivity index (χ4v) is 3.96. The van der Waals surface area contributed by atoms with Crippen LogP contribution in [-0.4, -0.2) is 48.6 Å². The number of benzene rings is 1. The molecule has 0 saturated carbocycles. The maximum atomic E-state index is 12.8. The number of fused-ring (bicyclic) bond motifs is 1. The van der Waals surface area contributed by atoms with Crippen molar-refractivity contribution in [3.63, 3.8) is 0 Å². The molecule has 1 atom stereocenters. The Bertz CT molecular complexity index is 1070. The van der Waals surface area contributed by atoms with Gasteiger partial charge in [-0.25, -0.2) is 9.59 Å². The highest BCUT2D eigenvalue weighted by Crippen LogP contribution is 2.36. The van der Waals surface area contributed by atoms with Gasteiger partial charge in [-0.05, 0) is 30.7 Å². The summed E-state index contributed by atoms with van der Waals surface area (Å²) in [4.78, 5) is 38.3. The van der Waals surface area contributed by atoms with Crippen LogP contribution in [-0.2, 0) is 0 Å². The number of nitrogens with zero attached hydrogens (tertiary/aromatic N) is 1. The molecule has 9 nitrogen and oxygen atoms in total. The van der Waals surface area contributed by atoms with Crippen LogP contribution in [0.1, 0.15) is 27.8 Å². The van der Waals surface area contributed by atoms with Crippen LogP contribution in [0.2, 0.25) is 0 Å². The highest BCUT2D eigenvalue weighted by Gasteiger charge is 2.50. The molecular weight excluding hydrogens is 378 g/mol. The summed E-state index contributed by atoms with van der Waals surface area (Å²) in [5, 5.41) is 5.51. The second kappa shape index (κ2) is 6.26. The largest absolute Gasteiger partial charge is 0.485 e. The maximum absolute atomic E-state index is 12.8. The van der Waals surface area contributed by atoms with Crippen LogP contribution >= 0.6 is 0 Å². The Hall–Kier alpha value is -3.49. The number of hydrogen-bond donors (Lipinski definition) is 2. The molecule has 1 unspecified atom stereocenters. The zero-order chi connectivity index (χ0) is 20.2. The lowest BCUT2D eigenvalue weighted by atomic mass is 9.90. The number of hydrogen-bond acceptors (Lipinski definition) is 6. The quantitative estimate of drug-likeness (QED) is 0.781. The van der Waals surface area contributed by atoms with E-state index in [2.05, 4.69) is 10.6 Å². The third-order valence-corrected chi connectivity index (χ3v) is 5.45.